The van der Waals surface area contributed by atoms with Gasteiger partial charge >= 0.3 is 0 Å². The molecule has 0 N–H and O–H groups in total. The number of hydrogen-bond acceptors (Lipinski definition) is 2. The zero-order chi connectivity index (χ0) is 45.2. The Bertz CT molecular complexity index is 3400. The summed E-state index contributed by atoms with van der Waals surface area (Å²) in [4.78, 5) is 0. The van der Waals surface area contributed by atoms with Gasteiger partial charge in [-0.15, -0.1) is 0 Å². The maximum absolute atomic E-state index is 6.36. The van der Waals surface area contributed by atoms with Crippen molar-refractivity contribution in [2.75, 3.05) is 14.2 Å². The van der Waals surface area contributed by atoms with E-state index in [4.69, 9.17) is 9.47 Å². The SMILES string of the molecule is COc1cccc2c3c4c5cccc(-c6cc(C(C)(C)C)cc(C(C)(C)C)c6)c5n5c6c(OC)cccc6c(c6c7cccc(-c8cc(C(C)(C)C)cc(C(C)(C)C)c8)c7n(c12)c36)c45. The normalized spacial score (nSPS) is 13.5. The Morgan fingerprint density at radius 3 is 0.891 bits per heavy atom. The van der Waals surface area contributed by atoms with Crippen LogP contribution in [0.1, 0.15) is 105 Å². The number of ether oxygens (including phenoxy) is 2. The first-order valence-electron chi connectivity index (χ1n) is 23.0. The van der Waals surface area contributed by atoms with E-state index in [0.29, 0.717) is 0 Å². The summed E-state index contributed by atoms with van der Waals surface area (Å²) in [7, 11) is 3.63. The lowest BCUT2D eigenvalue weighted by atomic mass is 9.78. The van der Waals surface area contributed by atoms with Crippen molar-refractivity contribution in [2.24, 2.45) is 0 Å². The molecule has 0 fully saturated rings. The highest BCUT2D eigenvalue weighted by molar-refractivity contribution is 6.46. The third kappa shape index (κ3) is 5.53. The van der Waals surface area contributed by atoms with Crippen LogP contribution in [0.5, 0.6) is 11.5 Å². The number of benzene rings is 7. The number of para-hydroxylation sites is 4. The lowest BCUT2D eigenvalue weighted by Crippen LogP contribution is -2.16. The minimum absolute atomic E-state index is 0.0267. The predicted octanol–water partition coefficient (Wildman–Crippen LogP) is 16.5. The van der Waals surface area contributed by atoms with Crippen molar-refractivity contribution < 1.29 is 9.47 Å². The number of methoxy groups -OCH3 is 2. The predicted molar refractivity (Wildman–Crippen MR) is 275 cm³/mol. The molecule has 0 aliphatic carbocycles. The summed E-state index contributed by atoms with van der Waals surface area (Å²) in [5.41, 5.74) is 17.3. The van der Waals surface area contributed by atoms with Gasteiger partial charge in [-0.2, -0.15) is 0 Å². The van der Waals surface area contributed by atoms with E-state index in [-0.39, 0.29) is 21.7 Å². The Morgan fingerprint density at radius 2 is 0.609 bits per heavy atom. The van der Waals surface area contributed by atoms with E-state index in [0.717, 1.165) is 22.5 Å². The van der Waals surface area contributed by atoms with Crippen LogP contribution >= 0.6 is 0 Å². The quantitative estimate of drug-likeness (QED) is 0.177. The Morgan fingerprint density at radius 1 is 0.328 bits per heavy atom. The monoisotopic (exact) mass is 840 g/mol. The molecule has 4 aromatic heterocycles. The van der Waals surface area contributed by atoms with Crippen molar-refractivity contribution in [3.05, 3.63) is 131 Å². The molecule has 4 nitrogen and oxygen atoms in total. The second kappa shape index (κ2) is 13.2. The van der Waals surface area contributed by atoms with Crippen LogP contribution in [0.25, 0.3) is 98.4 Å². The molecule has 7 aromatic carbocycles. The van der Waals surface area contributed by atoms with E-state index in [1.54, 1.807) is 0 Å². The number of hydrogen-bond donors (Lipinski definition) is 0. The van der Waals surface area contributed by atoms with Crippen LogP contribution in [-0.2, 0) is 21.7 Å². The van der Waals surface area contributed by atoms with Gasteiger partial charge in [-0.05, 0) is 67.2 Å². The lowest BCUT2D eigenvalue weighted by Gasteiger charge is -2.26. The van der Waals surface area contributed by atoms with Crippen molar-refractivity contribution >= 4 is 76.2 Å². The van der Waals surface area contributed by atoms with Crippen molar-refractivity contribution in [2.45, 2.75) is 105 Å². The molecule has 11 rings (SSSR count). The van der Waals surface area contributed by atoms with Crippen molar-refractivity contribution in [3.8, 4) is 33.8 Å². The second-order valence-corrected chi connectivity index (χ2v) is 22.6. The number of fused-ring (bicyclic) bond motifs is 14. The average Bonchev–Trinajstić information content (AvgIpc) is 3.98. The standard InChI is InChI=1S/C60H60N2O2/c1-57(2,3)35-27-33(28-36(31-35)58(4,5)6)39-19-15-21-41-47-49-44-24-18-26-46(64-14)54(44)62-52-40(34-29-37(59(7,8)9)32-38(30-34)60(10,11)12)20-16-22-42(52)48(56(49)62)50-43-23-17-25-45(63-13)53(43)61(51(39)41)55(47)50/h15-32H,1-14H3. The second-order valence-electron chi connectivity index (χ2n) is 22.6. The van der Waals surface area contributed by atoms with Crippen LogP contribution in [0.3, 0.4) is 0 Å². The molecule has 0 unspecified atom stereocenters. The van der Waals surface area contributed by atoms with Gasteiger partial charge < -0.3 is 18.3 Å². The van der Waals surface area contributed by atoms with Gasteiger partial charge in [0.25, 0.3) is 0 Å². The van der Waals surface area contributed by atoms with Gasteiger partial charge in [-0.3, -0.25) is 0 Å². The summed E-state index contributed by atoms with van der Waals surface area (Å²) in [5.74, 6) is 1.74. The molecule has 0 amide bonds. The maximum Gasteiger partial charge on any atom is 0.143 e. The van der Waals surface area contributed by atoms with E-state index in [1.165, 1.54) is 110 Å². The average molecular weight is 841 g/mol. The fourth-order valence-electron chi connectivity index (χ4n) is 10.9. The molecule has 0 radical (unpaired) electrons. The number of rotatable bonds is 4. The third-order valence-corrected chi connectivity index (χ3v) is 14.3. The summed E-state index contributed by atoms with van der Waals surface area (Å²) in [6, 6.07) is 41.7. The van der Waals surface area contributed by atoms with E-state index in [9.17, 15) is 0 Å². The molecular formula is C60H60N2O2. The van der Waals surface area contributed by atoms with Crippen LogP contribution < -0.4 is 9.47 Å². The first kappa shape index (κ1) is 40.5. The summed E-state index contributed by atoms with van der Waals surface area (Å²) in [5, 5.41) is 9.91. The molecule has 0 saturated carbocycles. The Kier molecular flexibility index (Phi) is 8.33. The van der Waals surface area contributed by atoms with Gasteiger partial charge in [-0.25, -0.2) is 0 Å². The number of aromatic nitrogens is 2. The van der Waals surface area contributed by atoms with Crippen LogP contribution in [0.4, 0.5) is 0 Å². The van der Waals surface area contributed by atoms with E-state index in [2.05, 4.69) is 201 Å². The minimum Gasteiger partial charge on any atom is -0.495 e. The summed E-state index contributed by atoms with van der Waals surface area (Å²) >= 11 is 0. The van der Waals surface area contributed by atoms with Crippen molar-refractivity contribution in [1.29, 1.82) is 0 Å². The summed E-state index contributed by atoms with van der Waals surface area (Å²) in [6.45, 7) is 27.9. The first-order chi connectivity index (χ1) is 30.2. The molecule has 0 aliphatic heterocycles. The Balaban J connectivity index is 1.41. The van der Waals surface area contributed by atoms with Crippen LogP contribution in [0, 0.1) is 0 Å². The van der Waals surface area contributed by atoms with Gasteiger partial charge in [0, 0.05) is 54.2 Å². The Hall–Kier alpha value is -6.26. The van der Waals surface area contributed by atoms with Crippen molar-refractivity contribution in [3.63, 3.8) is 0 Å². The van der Waals surface area contributed by atoms with Gasteiger partial charge in [0.1, 0.15) is 11.5 Å². The van der Waals surface area contributed by atoms with Crippen LogP contribution in [-0.4, -0.2) is 23.0 Å². The Labute approximate surface area is 377 Å². The minimum atomic E-state index is -0.0267. The van der Waals surface area contributed by atoms with Crippen LogP contribution in [0.15, 0.2) is 109 Å². The molecule has 0 spiro atoms. The van der Waals surface area contributed by atoms with Gasteiger partial charge in [0.05, 0.1) is 47.3 Å². The fourth-order valence-corrected chi connectivity index (χ4v) is 10.9. The maximum atomic E-state index is 6.36. The molecule has 322 valence electrons. The van der Waals surface area contributed by atoms with E-state index < -0.39 is 0 Å². The zero-order valence-corrected chi connectivity index (χ0v) is 40.1. The zero-order valence-electron chi connectivity index (χ0n) is 40.1. The first-order valence-corrected chi connectivity index (χ1v) is 23.0. The van der Waals surface area contributed by atoms with Gasteiger partial charge in [0.2, 0.25) is 0 Å². The van der Waals surface area contributed by atoms with Gasteiger partial charge in [-0.1, -0.05) is 180 Å². The molecule has 64 heavy (non-hydrogen) atoms. The van der Waals surface area contributed by atoms with Gasteiger partial charge in [0.15, 0.2) is 0 Å². The molecule has 4 heteroatoms. The van der Waals surface area contributed by atoms with E-state index in [1.807, 2.05) is 14.2 Å². The third-order valence-electron chi connectivity index (χ3n) is 14.3. The molecule has 11 aromatic rings. The molecule has 0 saturated heterocycles. The number of nitrogens with zero attached hydrogens (tertiary/aromatic N) is 2. The summed E-state index contributed by atoms with van der Waals surface area (Å²) in [6.07, 6.45) is 0. The summed E-state index contributed by atoms with van der Waals surface area (Å²) < 4.78 is 17.8. The molecule has 0 atom stereocenters. The fraction of sp³-hybridized carbons (Fsp3) is 0.300. The highest BCUT2D eigenvalue weighted by Crippen LogP contribution is 2.55. The molecule has 4 heterocycles. The highest BCUT2D eigenvalue weighted by Gasteiger charge is 2.33. The molecule has 0 bridgehead atoms. The lowest BCUT2D eigenvalue weighted by molar-refractivity contribution is 0.418. The molecular weight excluding hydrogens is 781 g/mol. The molecule has 0 aliphatic rings. The van der Waals surface area contributed by atoms with E-state index >= 15 is 0 Å². The smallest absolute Gasteiger partial charge is 0.143 e. The van der Waals surface area contributed by atoms with Crippen molar-refractivity contribution in [1.82, 2.24) is 8.80 Å². The van der Waals surface area contributed by atoms with Crippen LogP contribution in [0.2, 0.25) is 0 Å². The topological polar surface area (TPSA) is 27.3 Å². The highest BCUT2D eigenvalue weighted by atomic mass is 16.5. The largest absolute Gasteiger partial charge is 0.495 e.